The minimum atomic E-state index is -0.139. The van der Waals surface area contributed by atoms with Crippen LogP contribution in [0.1, 0.15) is 38.4 Å². The van der Waals surface area contributed by atoms with Crippen LogP contribution in [0.25, 0.3) is 11.5 Å². The fourth-order valence-electron chi connectivity index (χ4n) is 2.34. The maximum atomic E-state index is 12.3. The first-order valence-corrected chi connectivity index (χ1v) is 8.14. The number of aromatic nitrogens is 1. The molecule has 0 radical (unpaired) electrons. The lowest BCUT2D eigenvalue weighted by Gasteiger charge is -2.13. The number of hydrogen-bond donors (Lipinski definition) is 1. The van der Waals surface area contributed by atoms with Crippen LogP contribution in [0, 0.1) is 5.92 Å². The van der Waals surface area contributed by atoms with Gasteiger partial charge in [0, 0.05) is 23.1 Å². The predicted molar refractivity (Wildman–Crippen MR) is 97.8 cm³/mol. The molecule has 0 bridgehead atoms. The molecule has 1 heterocycles. The van der Waals surface area contributed by atoms with Crippen LogP contribution in [-0.4, -0.2) is 10.9 Å². The summed E-state index contributed by atoms with van der Waals surface area (Å²) in [5.74, 6) is 1.59. The third-order valence-electron chi connectivity index (χ3n) is 3.77. The molecular formula is C20H24N2O2. The van der Waals surface area contributed by atoms with Gasteiger partial charge in [0.1, 0.15) is 5.76 Å². The van der Waals surface area contributed by atoms with Gasteiger partial charge in [0.2, 0.25) is 11.8 Å². The number of anilines is 1. The van der Waals surface area contributed by atoms with Crippen molar-refractivity contribution in [2.45, 2.75) is 32.6 Å². The summed E-state index contributed by atoms with van der Waals surface area (Å²) >= 11 is 0. The second-order valence-electron chi connectivity index (χ2n) is 6.03. The van der Waals surface area contributed by atoms with Crippen molar-refractivity contribution >= 4 is 11.6 Å². The molecule has 0 unspecified atom stereocenters. The van der Waals surface area contributed by atoms with E-state index < -0.39 is 0 Å². The first-order valence-electron chi connectivity index (χ1n) is 8.14. The van der Waals surface area contributed by atoms with Crippen LogP contribution in [0.5, 0.6) is 0 Å². The number of hydrogen-bond acceptors (Lipinski definition) is 3. The van der Waals surface area contributed by atoms with E-state index in [1.165, 1.54) is 0 Å². The maximum Gasteiger partial charge on any atom is 0.228 e. The second kappa shape index (κ2) is 8.29. The molecule has 0 aliphatic rings. The van der Waals surface area contributed by atoms with E-state index in [0.717, 1.165) is 17.0 Å². The van der Waals surface area contributed by atoms with Crippen molar-refractivity contribution in [1.82, 2.24) is 4.98 Å². The van der Waals surface area contributed by atoms with Gasteiger partial charge in [-0.05, 0) is 37.1 Å². The highest BCUT2D eigenvalue weighted by molar-refractivity contribution is 5.92. The number of nitrogens with zero attached hydrogens (tertiary/aromatic N) is 1. The van der Waals surface area contributed by atoms with E-state index in [2.05, 4.69) is 37.3 Å². The van der Waals surface area contributed by atoms with Crippen LogP contribution in [0.2, 0.25) is 0 Å². The number of carbonyl (C=O) groups excluding carboxylic acids is 1. The SMILES string of the molecule is C=CCC(CC=C)C(=O)Nc1ccc(-c2ncc(C(C)C)o2)cc1. The summed E-state index contributed by atoms with van der Waals surface area (Å²) in [6.45, 7) is 11.5. The minimum Gasteiger partial charge on any atom is -0.441 e. The third kappa shape index (κ3) is 4.44. The third-order valence-corrected chi connectivity index (χ3v) is 3.77. The summed E-state index contributed by atoms with van der Waals surface area (Å²) in [7, 11) is 0. The minimum absolute atomic E-state index is 0.0271. The average Bonchev–Trinajstić information content (AvgIpc) is 3.05. The maximum absolute atomic E-state index is 12.3. The molecular weight excluding hydrogens is 300 g/mol. The quantitative estimate of drug-likeness (QED) is 0.681. The Kier molecular flexibility index (Phi) is 6.13. The van der Waals surface area contributed by atoms with Gasteiger partial charge in [-0.2, -0.15) is 0 Å². The monoisotopic (exact) mass is 324 g/mol. The van der Waals surface area contributed by atoms with Crippen LogP contribution < -0.4 is 5.32 Å². The summed E-state index contributed by atoms with van der Waals surface area (Å²) in [4.78, 5) is 16.6. The zero-order valence-corrected chi connectivity index (χ0v) is 14.3. The van der Waals surface area contributed by atoms with E-state index in [9.17, 15) is 4.79 Å². The molecule has 1 aromatic carbocycles. The molecule has 1 amide bonds. The zero-order chi connectivity index (χ0) is 17.5. The number of carbonyl (C=O) groups is 1. The molecule has 0 fully saturated rings. The van der Waals surface area contributed by atoms with Crippen molar-refractivity contribution in [1.29, 1.82) is 0 Å². The number of amides is 1. The van der Waals surface area contributed by atoms with Crippen molar-refractivity contribution in [3.8, 4) is 11.5 Å². The van der Waals surface area contributed by atoms with Gasteiger partial charge in [0.25, 0.3) is 0 Å². The summed E-state index contributed by atoms with van der Waals surface area (Å²) in [5.41, 5.74) is 1.63. The Balaban J connectivity index is 2.06. The smallest absolute Gasteiger partial charge is 0.228 e. The van der Waals surface area contributed by atoms with Gasteiger partial charge in [0.15, 0.2) is 0 Å². The largest absolute Gasteiger partial charge is 0.441 e. The molecule has 0 atom stereocenters. The normalized spacial score (nSPS) is 10.8. The number of oxazole rings is 1. The van der Waals surface area contributed by atoms with E-state index in [4.69, 9.17) is 4.42 Å². The Labute approximate surface area is 143 Å². The highest BCUT2D eigenvalue weighted by Crippen LogP contribution is 2.25. The predicted octanol–water partition coefficient (Wildman–Crippen LogP) is 5.17. The molecule has 0 saturated heterocycles. The molecule has 0 aliphatic carbocycles. The van der Waals surface area contributed by atoms with Crippen molar-refractivity contribution in [3.05, 3.63) is 61.5 Å². The van der Waals surface area contributed by atoms with Gasteiger partial charge in [0.05, 0.1) is 6.20 Å². The van der Waals surface area contributed by atoms with E-state index in [1.54, 1.807) is 18.3 Å². The van der Waals surface area contributed by atoms with Gasteiger partial charge in [-0.3, -0.25) is 4.79 Å². The topological polar surface area (TPSA) is 55.1 Å². The van der Waals surface area contributed by atoms with Crippen molar-refractivity contribution in [2.75, 3.05) is 5.32 Å². The summed E-state index contributed by atoms with van der Waals surface area (Å²) < 4.78 is 5.73. The van der Waals surface area contributed by atoms with Crippen LogP contribution in [0.15, 0.2) is 60.2 Å². The molecule has 0 spiro atoms. The van der Waals surface area contributed by atoms with Crippen LogP contribution in [-0.2, 0) is 4.79 Å². The van der Waals surface area contributed by atoms with Gasteiger partial charge in [-0.15, -0.1) is 13.2 Å². The van der Waals surface area contributed by atoms with Gasteiger partial charge >= 0.3 is 0 Å². The van der Waals surface area contributed by atoms with Crippen molar-refractivity contribution in [3.63, 3.8) is 0 Å². The van der Waals surface area contributed by atoms with Crippen molar-refractivity contribution < 1.29 is 9.21 Å². The lowest BCUT2D eigenvalue weighted by molar-refractivity contribution is -0.119. The molecule has 1 aromatic heterocycles. The molecule has 4 nitrogen and oxygen atoms in total. The molecule has 4 heteroatoms. The lowest BCUT2D eigenvalue weighted by Crippen LogP contribution is -2.21. The highest BCUT2D eigenvalue weighted by atomic mass is 16.4. The van der Waals surface area contributed by atoms with Gasteiger partial charge in [-0.25, -0.2) is 4.98 Å². The molecule has 0 aliphatic heterocycles. The Bertz CT molecular complexity index is 689. The fourth-order valence-corrected chi connectivity index (χ4v) is 2.34. The number of rotatable bonds is 8. The van der Waals surface area contributed by atoms with Gasteiger partial charge in [-0.1, -0.05) is 26.0 Å². The van der Waals surface area contributed by atoms with E-state index in [0.29, 0.717) is 24.7 Å². The Hall–Kier alpha value is -2.62. The van der Waals surface area contributed by atoms with E-state index >= 15 is 0 Å². The molecule has 0 saturated carbocycles. The number of nitrogens with one attached hydrogen (secondary N) is 1. The lowest BCUT2D eigenvalue weighted by atomic mass is 10.0. The van der Waals surface area contributed by atoms with E-state index in [-0.39, 0.29) is 11.8 Å². The van der Waals surface area contributed by atoms with Gasteiger partial charge < -0.3 is 9.73 Å². The highest BCUT2D eigenvalue weighted by Gasteiger charge is 2.16. The number of benzene rings is 1. The summed E-state index contributed by atoms with van der Waals surface area (Å²) in [6.07, 6.45) is 6.52. The second-order valence-corrected chi connectivity index (χ2v) is 6.03. The van der Waals surface area contributed by atoms with Crippen LogP contribution >= 0.6 is 0 Å². The Morgan fingerprint density at radius 3 is 2.33 bits per heavy atom. The number of allylic oxidation sites excluding steroid dienone is 2. The standard InChI is InChI=1S/C20H24N2O2/c1-5-7-15(8-6-2)19(23)22-17-11-9-16(10-12-17)20-21-13-18(24-20)14(3)4/h5-6,9-15H,1-2,7-8H2,3-4H3,(H,22,23). The molecule has 126 valence electrons. The fraction of sp³-hybridized carbons (Fsp3) is 0.300. The molecule has 2 rings (SSSR count). The first-order chi connectivity index (χ1) is 11.5. The first kappa shape index (κ1) is 17.7. The molecule has 2 aromatic rings. The Morgan fingerprint density at radius 1 is 1.21 bits per heavy atom. The van der Waals surface area contributed by atoms with Crippen molar-refractivity contribution in [2.24, 2.45) is 5.92 Å². The van der Waals surface area contributed by atoms with Crippen LogP contribution in [0.3, 0.4) is 0 Å². The molecule has 24 heavy (non-hydrogen) atoms. The van der Waals surface area contributed by atoms with Crippen LogP contribution in [0.4, 0.5) is 5.69 Å². The summed E-state index contributed by atoms with van der Waals surface area (Å²) in [6, 6.07) is 7.49. The average molecular weight is 324 g/mol. The molecule has 1 N–H and O–H groups in total. The Morgan fingerprint density at radius 2 is 1.83 bits per heavy atom. The zero-order valence-electron chi connectivity index (χ0n) is 14.3. The summed E-state index contributed by atoms with van der Waals surface area (Å²) in [5, 5.41) is 2.93. The van der Waals surface area contributed by atoms with E-state index in [1.807, 2.05) is 24.3 Å².